The van der Waals surface area contributed by atoms with Gasteiger partial charge in [-0.2, -0.15) is 0 Å². The maximum Gasteiger partial charge on any atom is 0.501 e. The van der Waals surface area contributed by atoms with Gasteiger partial charge in [0.1, 0.15) is 41.6 Å². The normalized spacial score (nSPS) is 19.9. The van der Waals surface area contributed by atoms with Gasteiger partial charge in [-0.05, 0) is 66.4 Å². The number of nitrogens with one attached hydrogen (secondary N) is 1. The number of alkyl halides is 1. The summed E-state index contributed by atoms with van der Waals surface area (Å²) in [5.41, 5.74) is 1.77. The molecule has 1 saturated heterocycles. The molecule has 4 amide bonds. The molecule has 0 aliphatic carbocycles. The van der Waals surface area contributed by atoms with Crippen molar-refractivity contribution in [2.45, 2.75) is 56.5 Å². The van der Waals surface area contributed by atoms with Crippen molar-refractivity contribution in [3.8, 4) is 28.7 Å². The number of likely N-dealkylation sites (N-methyl/N-ethyl adjacent to an activating group) is 1. The summed E-state index contributed by atoms with van der Waals surface area (Å²) >= 11 is 6.55. The Morgan fingerprint density at radius 1 is 0.877 bits per heavy atom. The van der Waals surface area contributed by atoms with E-state index in [1.54, 1.807) is 23.0 Å². The number of aromatic nitrogens is 4. The lowest BCUT2D eigenvalue weighted by Gasteiger charge is -2.39. The zero-order chi connectivity index (χ0) is 57.9. The molecule has 0 saturated carbocycles. The number of phenols is 1. The van der Waals surface area contributed by atoms with Crippen LogP contribution in [0.25, 0.3) is 21.7 Å². The molecule has 2 aromatic heterocycles. The van der Waals surface area contributed by atoms with Gasteiger partial charge in [0.2, 0.25) is 6.29 Å². The van der Waals surface area contributed by atoms with Crippen molar-refractivity contribution >= 4 is 78.8 Å². The summed E-state index contributed by atoms with van der Waals surface area (Å²) in [6, 6.07) is 13.8. The molecule has 3 aliphatic heterocycles. The minimum atomic E-state index is -5.30. The van der Waals surface area contributed by atoms with Gasteiger partial charge in [0.05, 0.1) is 70.2 Å². The standard InChI is InChI=1S/C53H56ClN7O19S/c1-28(63)35-18-30-19-38(55-37(30)22-40(35)64)52(71)61-25-31(24-54)47-36-21-33(74-3)5-6-34(36)42(23-39(47)61)79-81(72,73)80-43-20-29(4-7-41(43)77-53-50(69)49(68)48(67)44(27-62)78-53)51(70)58(2)11-15-76-16-12-59-26-32(56-57-59)10-14-75-17-13-60-45(65)8-9-46(60)66/h4-9,18-23,26,31,44,48-50,53,55,62,64,67-69H,10-17,24-25,27H2,1-3H3/t31-,44-,48+,49+,50-,53-/m1/s1. The average molecular weight is 1160 g/mol. The van der Waals surface area contributed by atoms with Crippen molar-refractivity contribution in [2.75, 3.05) is 77.6 Å². The number of carbonyl (C=O) groups is 5. The Bertz CT molecular complexity index is 3520. The van der Waals surface area contributed by atoms with Gasteiger partial charge < -0.3 is 72.4 Å². The first kappa shape index (κ1) is 57.9. The van der Waals surface area contributed by atoms with E-state index < -0.39 is 76.9 Å². The molecule has 9 rings (SSSR count). The van der Waals surface area contributed by atoms with Crippen molar-refractivity contribution in [1.82, 2.24) is 29.8 Å². The van der Waals surface area contributed by atoms with E-state index in [4.69, 9.17) is 43.7 Å². The Balaban J connectivity index is 0.918. The number of aromatic hydroxyl groups is 1. The maximum atomic E-state index is 14.5. The Labute approximate surface area is 466 Å². The molecule has 0 unspecified atom stereocenters. The number of benzene rings is 4. The van der Waals surface area contributed by atoms with Gasteiger partial charge >= 0.3 is 10.4 Å². The number of aliphatic hydroxyl groups excluding tert-OH is 4. The number of methoxy groups -OCH3 is 1. The van der Waals surface area contributed by atoms with Crippen molar-refractivity contribution < 1.29 is 90.0 Å². The number of rotatable bonds is 24. The number of amides is 4. The van der Waals surface area contributed by atoms with Gasteiger partial charge in [0, 0.05) is 90.7 Å². The largest absolute Gasteiger partial charge is 0.507 e. The molecule has 4 aromatic carbocycles. The fourth-order valence-electron chi connectivity index (χ4n) is 9.43. The van der Waals surface area contributed by atoms with Gasteiger partial charge in [-0.15, -0.1) is 25.1 Å². The quantitative estimate of drug-likeness (QED) is 0.0218. The highest BCUT2D eigenvalue weighted by atomic mass is 35.5. The van der Waals surface area contributed by atoms with E-state index in [-0.39, 0.29) is 109 Å². The predicted octanol–water partition coefficient (Wildman–Crippen LogP) is 1.97. The van der Waals surface area contributed by atoms with Crippen LogP contribution in [0.5, 0.6) is 28.7 Å². The molecule has 81 heavy (non-hydrogen) atoms. The van der Waals surface area contributed by atoms with Crippen molar-refractivity contribution in [3.05, 3.63) is 107 Å². The number of hydrogen-bond acceptors (Lipinski definition) is 21. The molecule has 6 atom stereocenters. The smallest absolute Gasteiger partial charge is 0.501 e. The fraction of sp³-hybridized carbons (Fsp3) is 0.377. The Morgan fingerprint density at radius 2 is 1.62 bits per heavy atom. The predicted molar refractivity (Wildman–Crippen MR) is 285 cm³/mol. The second-order valence-corrected chi connectivity index (χ2v) is 20.5. The first-order valence-electron chi connectivity index (χ1n) is 25.3. The van der Waals surface area contributed by atoms with Gasteiger partial charge in [0.15, 0.2) is 23.0 Å². The second-order valence-electron chi connectivity index (χ2n) is 19.1. The number of halogens is 1. The number of carbonyl (C=O) groups excluding carboxylic acids is 5. The molecule has 28 heteroatoms. The molecule has 3 aliphatic rings. The number of Topliss-reactive ketones (excluding diaryl/α,β-unsaturated/α-hetero) is 1. The SMILES string of the molecule is COc1ccc2c(OS(=O)(=O)Oc3cc(C(=O)N(C)CCOCCn4cc(CCOCCN5C(=O)C=CC5=O)nn4)ccc3O[C@@H]3O[C@H](CO)[C@H](O)[C@H](O)[C@H]3O)cc3c(c2c1)[C@H](CCl)CN3C(=O)c1cc2cc(C(C)=O)c(O)cc2[nH]1. The number of anilines is 1. The van der Waals surface area contributed by atoms with Crippen LogP contribution >= 0.6 is 11.6 Å². The van der Waals surface area contributed by atoms with Crippen LogP contribution < -0.4 is 22.7 Å². The minimum absolute atomic E-state index is 0.0305. The summed E-state index contributed by atoms with van der Waals surface area (Å²) < 4.78 is 69.8. The lowest BCUT2D eigenvalue weighted by molar-refractivity contribution is -0.277. The number of phenolic OH excluding ortho intramolecular Hbond substituents is 1. The van der Waals surface area contributed by atoms with Crippen LogP contribution in [0, 0.1) is 0 Å². The van der Waals surface area contributed by atoms with E-state index in [2.05, 4.69) is 15.3 Å². The van der Waals surface area contributed by atoms with E-state index in [0.29, 0.717) is 46.3 Å². The zero-order valence-electron chi connectivity index (χ0n) is 43.7. The number of H-pyrrole nitrogens is 1. The average Bonchev–Trinajstić information content (AvgIpc) is 4.43. The number of aromatic amines is 1. The number of aliphatic hydroxyl groups is 4. The van der Waals surface area contributed by atoms with Crippen LogP contribution in [0.4, 0.5) is 5.69 Å². The van der Waals surface area contributed by atoms with Gasteiger partial charge in [-0.3, -0.25) is 28.9 Å². The van der Waals surface area contributed by atoms with Gasteiger partial charge in [-0.1, -0.05) is 5.21 Å². The molecule has 6 aromatic rings. The second kappa shape index (κ2) is 24.6. The van der Waals surface area contributed by atoms with Crippen LogP contribution in [0.3, 0.4) is 0 Å². The molecule has 5 heterocycles. The zero-order valence-corrected chi connectivity index (χ0v) is 45.2. The highest BCUT2D eigenvalue weighted by Crippen LogP contribution is 2.48. The third-order valence-corrected chi connectivity index (χ3v) is 14.8. The van der Waals surface area contributed by atoms with Crippen LogP contribution in [0.1, 0.15) is 55.3 Å². The molecule has 6 N–H and O–H groups in total. The molecule has 0 spiro atoms. The Hall–Kier alpha value is -7.73. The van der Waals surface area contributed by atoms with Crippen LogP contribution in [0.2, 0.25) is 0 Å². The van der Waals surface area contributed by atoms with E-state index in [0.717, 1.165) is 17.0 Å². The number of imide groups is 1. The first-order chi connectivity index (χ1) is 38.8. The highest BCUT2D eigenvalue weighted by Gasteiger charge is 2.45. The molecule has 0 bridgehead atoms. The van der Waals surface area contributed by atoms with Crippen molar-refractivity contribution in [3.63, 3.8) is 0 Å². The number of fused-ring (bicyclic) bond motifs is 4. The van der Waals surface area contributed by atoms with Gasteiger partial charge in [-0.25, -0.2) is 4.68 Å². The number of ketones is 1. The van der Waals surface area contributed by atoms with E-state index in [9.17, 15) is 57.9 Å². The van der Waals surface area contributed by atoms with E-state index >= 15 is 0 Å². The molecular weight excluding hydrogens is 1110 g/mol. The number of ether oxygens (including phenoxy) is 5. The molecule has 430 valence electrons. The molecule has 26 nitrogen and oxygen atoms in total. The minimum Gasteiger partial charge on any atom is -0.507 e. The lowest BCUT2D eigenvalue weighted by Crippen LogP contribution is -2.60. The summed E-state index contributed by atoms with van der Waals surface area (Å²) in [5, 5.41) is 61.4. The summed E-state index contributed by atoms with van der Waals surface area (Å²) in [6.45, 7) is 1.71. The highest BCUT2D eigenvalue weighted by molar-refractivity contribution is 7.82. The van der Waals surface area contributed by atoms with Crippen LogP contribution in [-0.4, -0.2) is 197 Å². The van der Waals surface area contributed by atoms with Crippen LogP contribution in [-0.2, 0) is 47.2 Å². The third-order valence-electron chi connectivity index (χ3n) is 13.7. The first-order valence-corrected chi connectivity index (χ1v) is 27.1. The van der Waals surface area contributed by atoms with E-state index in [1.165, 1.54) is 79.4 Å². The topological polar surface area (TPSA) is 341 Å². The third kappa shape index (κ3) is 12.6. The summed E-state index contributed by atoms with van der Waals surface area (Å²) in [4.78, 5) is 70.7. The summed E-state index contributed by atoms with van der Waals surface area (Å²) in [6.07, 6.45) is -4.27. The maximum absolute atomic E-state index is 14.5. The number of nitrogens with zero attached hydrogens (tertiary/aromatic N) is 6. The fourth-order valence-corrected chi connectivity index (χ4v) is 10.4. The van der Waals surface area contributed by atoms with Gasteiger partial charge in [0.25, 0.3) is 23.6 Å². The molecular formula is C53H56ClN7O19S. The van der Waals surface area contributed by atoms with Crippen molar-refractivity contribution in [2.24, 2.45) is 0 Å². The molecule has 1 fully saturated rings. The Morgan fingerprint density at radius 3 is 2.35 bits per heavy atom. The summed E-state index contributed by atoms with van der Waals surface area (Å²) in [5.74, 6) is -4.20. The lowest BCUT2D eigenvalue weighted by atomic mass is 9.95. The Kier molecular flexibility index (Phi) is 17.6. The number of hydrogen-bond donors (Lipinski definition) is 6. The van der Waals surface area contributed by atoms with Crippen molar-refractivity contribution in [1.29, 1.82) is 0 Å². The molecule has 0 radical (unpaired) electrons. The summed E-state index contributed by atoms with van der Waals surface area (Å²) in [7, 11) is -2.40. The monoisotopic (exact) mass is 1160 g/mol. The van der Waals surface area contributed by atoms with Crippen LogP contribution in [0.15, 0.2) is 79.0 Å². The van der Waals surface area contributed by atoms with E-state index in [1.807, 2.05) is 0 Å².